The number of benzene rings is 1. The van der Waals surface area contributed by atoms with E-state index in [-0.39, 0.29) is 23.7 Å². The van der Waals surface area contributed by atoms with Gasteiger partial charge in [0.15, 0.2) is 6.10 Å². The van der Waals surface area contributed by atoms with Crippen molar-refractivity contribution in [3.8, 4) is 11.8 Å². The maximum absolute atomic E-state index is 13.1. The highest BCUT2D eigenvalue weighted by Crippen LogP contribution is 2.24. The SMILES string of the molecule is CC(C)C(Oc1ccccc1C#N)C(=O)N1CCCC(C(=O)N(C)C)C1. The number of carbonyl (C=O) groups is 2. The Morgan fingerprint density at radius 1 is 1.31 bits per heavy atom. The Kier molecular flexibility index (Phi) is 6.62. The van der Waals surface area contributed by atoms with E-state index in [9.17, 15) is 14.9 Å². The van der Waals surface area contributed by atoms with E-state index in [0.29, 0.717) is 24.4 Å². The molecule has 6 nitrogen and oxygen atoms in total. The third-order valence-electron chi connectivity index (χ3n) is 4.63. The Morgan fingerprint density at radius 3 is 2.62 bits per heavy atom. The number of para-hydroxylation sites is 1. The maximum atomic E-state index is 13.1. The Labute approximate surface area is 155 Å². The first kappa shape index (κ1) is 19.8. The molecule has 0 saturated carbocycles. The van der Waals surface area contributed by atoms with Gasteiger partial charge in [0.1, 0.15) is 11.8 Å². The molecular weight excluding hydrogens is 330 g/mol. The van der Waals surface area contributed by atoms with Crippen LogP contribution in [0.15, 0.2) is 24.3 Å². The fraction of sp³-hybridized carbons (Fsp3) is 0.550. The van der Waals surface area contributed by atoms with Crippen molar-refractivity contribution in [1.29, 1.82) is 5.26 Å². The minimum absolute atomic E-state index is 0.0549. The predicted molar refractivity (Wildman–Crippen MR) is 98.4 cm³/mol. The van der Waals surface area contributed by atoms with Crippen molar-refractivity contribution in [1.82, 2.24) is 9.80 Å². The van der Waals surface area contributed by atoms with Crippen LogP contribution in [0.5, 0.6) is 5.75 Å². The summed E-state index contributed by atoms with van der Waals surface area (Å²) in [6.07, 6.45) is 0.915. The van der Waals surface area contributed by atoms with Crippen LogP contribution >= 0.6 is 0 Å². The highest BCUT2D eigenvalue weighted by molar-refractivity contribution is 5.84. The summed E-state index contributed by atoms with van der Waals surface area (Å²) in [4.78, 5) is 28.7. The summed E-state index contributed by atoms with van der Waals surface area (Å²) < 4.78 is 5.95. The number of ether oxygens (including phenoxy) is 1. The third kappa shape index (κ3) is 4.54. The summed E-state index contributed by atoms with van der Waals surface area (Å²) in [6, 6.07) is 9.01. The van der Waals surface area contributed by atoms with Crippen molar-refractivity contribution < 1.29 is 14.3 Å². The molecule has 0 aliphatic carbocycles. The van der Waals surface area contributed by atoms with Crippen molar-refractivity contribution in [2.75, 3.05) is 27.2 Å². The zero-order chi connectivity index (χ0) is 19.3. The summed E-state index contributed by atoms with van der Waals surface area (Å²) in [5.41, 5.74) is 0.408. The molecule has 1 aliphatic heterocycles. The molecule has 1 fully saturated rings. The minimum atomic E-state index is -0.683. The Morgan fingerprint density at radius 2 is 2.00 bits per heavy atom. The first-order valence-electron chi connectivity index (χ1n) is 9.01. The standard InChI is InChI=1S/C20H27N3O3/c1-14(2)18(26-17-10-6-5-8-15(17)12-21)20(25)23-11-7-9-16(13-23)19(24)22(3)4/h5-6,8,10,14,16,18H,7,9,11,13H2,1-4H3. The van der Waals surface area contributed by atoms with E-state index in [4.69, 9.17) is 4.74 Å². The largest absolute Gasteiger partial charge is 0.479 e. The second-order valence-electron chi connectivity index (χ2n) is 7.25. The molecule has 1 aromatic rings. The first-order chi connectivity index (χ1) is 12.3. The van der Waals surface area contributed by atoms with E-state index in [1.54, 1.807) is 48.2 Å². The number of rotatable bonds is 5. The molecule has 0 spiro atoms. The molecule has 0 N–H and O–H groups in total. The summed E-state index contributed by atoms with van der Waals surface area (Å²) in [5, 5.41) is 9.24. The molecule has 0 bridgehead atoms. The van der Waals surface area contributed by atoms with E-state index < -0.39 is 6.10 Å². The molecule has 1 saturated heterocycles. The molecule has 26 heavy (non-hydrogen) atoms. The van der Waals surface area contributed by atoms with Gasteiger partial charge < -0.3 is 14.5 Å². The molecule has 0 radical (unpaired) electrons. The Balaban J connectivity index is 2.15. The van der Waals surface area contributed by atoms with Crippen molar-refractivity contribution in [2.45, 2.75) is 32.8 Å². The summed E-state index contributed by atoms with van der Waals surface area (Å²) in [7, 11) is 3.48. The topological polar surface area (TPSA) is 73.6 Å². The van der Waals surface area contributed by atoms with Gasteiger partial charge in [0.2, 0.25) is 5.91 Å². The number of hydrogen-bond acceptors (Lipinski definition) is 4. The van der Waals surface area contributed by atoms with Gasteiger partial charge >= 0.3 is 0 Å². The monoisotopic (exact) mass is 357 g/mol. The molecule has 1 aromatic carbocycles. The van der Waals surface area contributed by atoms with Crippen LogP contribution in [0.2, 0.25) is 0 Å². The lowest BCUT2D eigenvalue weighted by atomic mass is 9.95. The van der Waals surface area contributed by atoms with Gasteiger partial charge in [0.05, 0.1) is 11.5 Å². The van der Waals surface area contributed by atoms with E-state index in [2.05, 4.69) is 6.07 Å². The van der Waals surface area contributed by atoms with E-state index in [1.165, 1.54) is 0 Å². The third-order valence-corrected chi connectivity index (χ3v) is 4.63. The average Bonchev–Trinajstić information content (AvgIpc) is 2.64. The number of hydrogen-bond donors (Lipinski definition) is 0. The summed E-state index contributed by atoms with van der Waals surface area (Å²) in [5.74, 6) is 0.129. The van der Waals surface area contributed by atoms with Gasteiger partial charge in [-0.15, -0.1) is 0 Å². The zero-order valence-corrected chi connectivity index (χ0v) is 15.9. The summed E-state index contributed by atoms with van der Waals surface area (Å²) in [6.45, 7) is 4.89. The molecule has 2 amide bonds. The molecule has 140 valence electrons. The second kappa shape index (κ2) is 8.70. The number of piperidine rings is 1. The van der Waals surface area contributed by atoms with Crippen molar-refractivity contribution in [3.63, 3.8) is 0 Å². The lowest BCUT2D eigenvalue weighted by Crippen LogP contribution is -2.50. The number of nitrogens with zero attached hydrogens (tertiary/aromatic N) is 3. The van der Waals surface area contributed by atoms with Crippen LogP contribution in [0.25, 0.3) is 0 Å². The van der Waals surface area contributed by atoms with Gasteiger partial charge in [0, 0.05) is 27.2 Å². The van der Waals surface area contributed by atoms with Gasteiger partial charge in [-0.25, -0.2) is 0 Å². The maximum Gasteiger partial charge on any atom is 0.263 e. The van der Waals surface area contributed by atoms with Crippen molar-refractivity contribution in [3.05, 3.63) is 29.8 Å². The molecular formula is C20H27N3O3. The van der Waals surface area contributed by atoms with Gasteiger partial charge in [-0.1, -0.05) is 26.0 Å². The van der Waals surface area contributed by atoms with E-state index in [0.717, 1.165) is 12.8 Å². The Bertz CT molecular complexity index is 694. The summed E-state index contributed by atoms with van der Waals surface area (Å²) >= 11 is 0. The van der Waals surface area contributed by atoms with Crippen molar-refractivity contribution >= 4 is 11.8 Å². The normalized spacial score (nSPS) is 18.2. The van der Waals surface area contributed by atoms with Gasteiger partial charge in [-0.2, -0.15) is 5.26 Å². The van der Waals surface area contributed by atoms with E-state index in [1.807, 2.05) is 13.8 Å². The van der Waals surface area contributed by atoms with Crippen LogP contribution in [-0.4, -0.2) is 54.9 Å². The van der Waals surface area contributed by atoms with Crippen LogP contribution < -0.4 is 4.74 Å². The van der Waals surface area contributed by atoms with Crippen LogP contribution in [-0.2, 0) is 9.59 Å². The van der Waals surface area contributed by atoms with Crippen molar-refractivity contribution in [2.24, 2.45) is 11.8 Å². The molecule has 2 rings (SSSR count). The van der Waals surface area contributed by atoms with Crippen LogP contribution in [0.4, 0.5) is 0 Å². The van der Waals surface area contributed by atoms with Gasteiger partial charge in [-0.05, 0) is 30.9 Å². The molecule has 6 heteroatoms. The second-order valence-corrected chi connectivity index (χ2v) is 7.25. The lowest BCUT2D eigenvalue weighted by molar-refractivity contribution is -0.145. The number of likely N-dealkylation sites (tertiary alicyclic amines) is 1. The number of nitriles is 1. The number of carbonyl (C=O) groups excluding carboxylic acids is 2. The fourth-order valence-corrected chi connectivity index (χ4v) is 3.19. The number of amides is 2. The van der Waals surface area contributed by atoms with E-state index >= 15 is 0 Å². The average molecular weight is 357 g/mol. The minimum Gasteiger partial charge on any atom is -0.479 e. The molecule has 1 aliphatic rings. The predicted octanol–water partition coefficient (Wildman–Crippen LogP) is 2.29. The zero-order valence-electron chi connectivity index (χ0n) is 15.9. The van der Waals surface area contributed by atoms with Crippen LogP contribution in [0.1, 0.15) is 32.3 Å². The molecule has 2 unspecified atom stereocenters. The van der Waals surface area contributed by atoms with Crippen LogP contribution in [0.3, 0.4) is 0 Å². The molecule has 2 atom stereocenters. The van der Waals surface area contributed by atoms with Gasteiger partial charge in [-0.3, -0.25) is 9.59 Å². The molecule has 1 heterocycles. The fourth-order valence-electron chi connectivity index (χ4n) is 3.19. The highest BCUT2D eigenvalue weighted by atomic mass is 16.5. The first-order valence-corrected chi connectivity index (χ1v) is 9.01. The molecule has 0 aromatic heterocycles. The quantitative estimate of drug-likeness (QED) is 0.810. The highest BCUT2D eigenvalue weighted by Gasteiger charge is 2.35. The van der Waals surface area contributed by atoms with Crippen LogP contribution in [0, 0.1) is 23.2 Å². The smallest absolute Gasteiger partial charge is 0.263 e. The Hall–Kier alpha value is -2.55. The van der Waals surface area contributed by atoms with Gasteiger partial charge in [0.25, 0.3) is 5.91 Å². The lowest BCUT2D eigenvalue weighted by Gasteiger charge is -2.36.